The van der Waals surface area contributed by atoms with Gasteiger partial charge in [-0.3, -0.25) is 4.79 Å². The van der Waals surface area contributed by atoms with Gasteiger partial charge in [-0.15, -0.1) is 0 Å². The largest absolute Gasteiger partial charge is 0.497 e. The van der Waals surface area contributed by atoms with Crippen molar-refractivity contribution in [2.24, 2.45) is 0 Å². The van der Waals surface area contributed by atoms with Crippen LogP contribution in [-0.2, 0) is 4.79 Å². The Hall–Kier alpha value is -3.11. The van der Waals surface area contributed by atoms with Gasteiger partial charge in [0.15, 0.2) is 0 Å². The van der Waals surface area contributed by atoms with E-state index in [-0.39, 0.29) is 0 Å². The summed E-state index contributed by atoms with van der Waals surface area (Å²) in [7, 11) is 1.56. The Morgan fingerprint density at radius 1 is 0.808 bits per heavy atom. The van der Waals surface area contributed by atoms with Gasteiger partial charge in [-0.2, -0.15) is 0 Å². The molecule has 132 valence electrons. The first-order valence-corrected chi connectivity index (χ1v) is 8.30. The molecule has 3 aromatic rings. The zero-order valence-corrected chi connectivity index (χ0v) is 14.4. The molecule has 0 amide bonds. The summed E-state index contributed by atoms with van der Waals surface area (Å²) in [6.07, 6.45) is -1.15. The van der Waals surface area contributed by atoms with Crippen LogP contribution in [-0.4, -0.2) is 23.3 Å². The Kier molecular flexibility index (Phi) is 5.34. The molecule has 0 fully saturated rings. The summed E-state index contributed by atoms with van der Waals surface area (Å²) in [6, 6.07) is 23.9. The van der Waals surface area contributed by atoms with Crippen LogP contribution in [0.15, 0.2) is 78.9 Å². The van der Waals surface area contributed by atoms with Gasteiger partial charge in [0.2, 0.25) is 0 Å². The van der Waals surface area contributed by atoms with E-state index in [1.165, 1.54) is 0 Å². The van der Waals surface area contributed by atoms with Crippen molar-refractivity contribution < 1.29 is 19.7 Å². The molecule has 26 heavy (non-hydrogen) atoms. The van der Waals surface area contributed by atoms with Crippen LogP contribution in [0.5, 0.6) is 5.75 Å². The van der Waals surface area contributed by atoms with Crippen molar-refractivity contribution >= 4 is 5.97 Å². The van der Waals surface area contributed by atoms with Crippen molar-refractivity contribution in [2.75, 3.05) is 7.11 Å². The highest BCUT2D eigenvalue weighted by molar-refractivity contribution is 5.78. The molecular weight excluding hydrogens is 328 g/mol. The van der Waals surface area contributed by atoms with Crippen LogP contribution in [0.4, 0.5) is 0 Å². The number of aliphatic hydroxyl groups is 1. The van der Waals surface area contributed by atoms with Crippen molar-refractivity contribution in [3.8, 4) is 16.9 Å². The van der Waals surface area contributed by atoms with E-state index in [0.29, 0.717) is 16.9 Å². The predicted octanol–water partition coefficient (Wildman–Crippen LogP) is 4.26. The van der Waals surface area contributed by atoms with Crippen LogP contribution in [0.25, 0.3) is 11.1 Å². The zero-order chi connectivity index (χ0) is 18.5. The minimum Gasteiger partial charge on any atom is -0.497 e. The number of carbonyl (C=O) groups is 1. The lowest BCUT2D eigenvalue weighted by atomic mass is 9.88. The molecule has 2 atom stereocenters. The number of hydrogen-bond donors (Lipinski definition) is 2. The van der Waals surface area contributed by atoms with E-state index in [1.54, 1.807) is 43.5 Å². The third-order valence-electron chi connectivity index (χ3n) is 4.42. The highest BCUT2D eigenvalue weighted by atomic mass is 16.5. The summed E-state index contributed by atoms with van der Waals surface area (Å²) in [5.41, 5.74) is 3.14. The lowest BCUT2D eigenvalue weighted by Crippen LogP contribution is -2.20. The SMILES string of the molecule is COc1ccc(C(O)C(C(=O)O)c2ccc(-c3ccccc3)cc2)cc1. The first kappa shape index (κ1) is 17.7. The molecule has 4 heteroatoms. The lowest BCUT2D eigenvalue weighted by molar-refractivity contribution is -0.141. The van der Waals surface area contributed by atoms with Gasteiger partial charge in [0.25, 0.3) is 0 Å². The molecule has 3 aromatic carbocycles. The van der Waals surface area contributed by atoms with Crippen molar-refractivity contribution in [1.82, 2.24) is 0 Å². The molecule has 2 unspecified atom stereocenters. The Labute approximate surface area is 152 Å². The van der Waals surface area contributed by atoms with Crippen molar-refractivity contribution in [3.63, 3.8) is 0 Å². The molecule has 0 saturated heterocycles. The van der Waals surface area contributed by atoms with E-state index >= 15 is 0 Å². The predicted molar refractivity (Wildman–Crippen MR) is 100 cm³/mol. The molecule has 2 N–H and O–H groups in total. The Morgan fingerprint density at radius 2 is 1.35 bits per heavy atom. The fourth-order valence-electron chi connectivity index (χ4n) is 2.97. The van der Waals surface area contributed by atoms with Gasteiger partial charge in [0.05, 0.1) is 13.2 Å². The van der Waals surface area contributed by atoms with E-state index < -0.39 is 18.0 Å². The van der Waals surface area contributed by atoms with Crippen LogP contribution < -0.4 is 4.74 Å². The van der Waals surface area contributed by atoms with Crippen LogP contribution in [0, 0.1) is 0 Å². The summed E-state index contributed by atoms with van der Waals surface area (Å²) in [5, 5.41) is 20.3. The van der Waals surface area contributed by atoms with Gasteiger partial charge < -0.3 is 14.9 Å². The fraction of sp³-hybridized carbons (Fsp3) is 0.136. The third kappa shape index (κ3) is 3.76. The second-order valence-electron chi connectivity index (χ2n) is 6.02. The van der Waals surface area contributed by atoms with E-state index in [1.807, 2.05) is 42.5 Å². The number of rotatable bonds is 6. The van der Waals surface area contributed by atoms with E-state index in [2.05, 4.69) is 0 Å². The molecule has 0 aliphatic heterocycles. The third-order valence-corrected chi connectivity index (χ3v) is 4.42. The van der Waals surface area contributed by atoms with Crippen molar-refractivity contribution in [3.05, 3.63) is 90.0 Å². The highest BCUT2D eigenvalue weighted by Gasteiger charge is 2.29. The molecule has 0 radical (unpaired) electrons. The molecule has 0 spiro atoms. The molecule has 0 heterocycles. The van der Waals surface area contributed by atoms with Gasteiger partial charge in [-0.1, -0.05) is 66.7 Å². The Balaban J connectivity index is 1.88. The maximum absolute atomic E-state index is 11.8. The number of aliphatic carboxylic acids is 1. The van der Waals surface area contributed by atoms with Gasteiger partial charge in [0, 0.05) is 0 Å². The maximum Gasteiger partial charge on any atom is 0.314 e. The maximum atomic E-state index is 11.8. The van der Waals surface area contributed by atoms with Crippen LogP contribution in [0.2, 0.25) is 0 Å². The molecular formula is C22H20O4. The minimum absolute atomic E-state index is 0.533. The minimum atomic E-state index is -1.15. The smallest absolute Gasteiger partial charge is 0.314 e. The number of aliphatic hydroxyl groups excluding tert-OH is 1. The average Bonchev–Trinajstić information content (AvgIpc) is 2.69. The number of hydrogen-bond acceptors (Lipinski definition) is 3. The number of carboxylic acid groups (broad SMARTS) is 1. The molecule has 3 rings (SSSR count). The summed E-state index contributed by atoms with van der Waals surface area (Å²) in [4.78, 5) is 11.8. The highest BCUT2D eigenvalue weighted by Crippen LogP contribution is 2.33. The number of benzene rings is 3. The summed E-state index contributed by atoms with van der Waals surface area (Å²) < 4.78 is 5.10. The molecule has 0 aliphatic rings. The van der Waals surface area contributed by atoms with E-state index in [9.17, 15) is 15.0 Å². The van der Waals surface area contributed by atoms with E-state index in [4.69, 9.17) is 4.74 Å². The van der Waals surface area contributed by atoms with Gasteiger partial charge in [0.1, 0.15) is 11.7 Å². The molecule has 0 aliphatic carbocycles. The Bertz CT molecular complexity index is 855. The summed E-state index contributed by atoms with van der Waals surface area (Å²) in [5.74, 6) is -1.46. The van der Waals surface area contributed by atoms with Crippen LogP contribution in [0.3, 0.4) is 0 Å². The standard InChI is InChI=1S/C22H20O4/c1-26-19-13-11-18(12-14-19)21(23)20(22(24)25)17-9-7-16(8-10-17)15-5-3-2-4-6-15/h2-14,20-21,23H,1H3,(H,24,25). The number of carboxylic acids is 1. The average molecular weight is 348 g/mol. The van der Waals surface area contributed by atoms with E-state index in [0.717, 1.165) is 11.1 Å². The Morgan fingerprint density at radius 3 is 1.88 bits per heavy atom. The quantitative estimate of drug-likeness (QED) is 0.698. The first-order valence-electron chi connectivity index (χ1n) is 8.30. The molecule has 0 aromatic heterocycles. The van der Waals surface area contributed by atoms with Gasteiger partial charge in [-0.25, -0.2) is 0 Å². The van der Waals surface area contributed by atoms with Crippen LogP contribution >= 0.6 is 0 Å². The van der Waals surface area contributed by atoms with Crippen molar-refractivity contribution in [1.29, 1.82) is 0 Å². The van der Waals surface area contributed by atoms with Gasteiger partial charge in [-0.05, 0) is 34.4 Å². The normalized spacial score (nSPS) is 13.0. The molecule has 0 bridgehead atoms. The van der Waals surface area contributed by atoms with Crippen molar-refractivity contribution in [2.45, 2.75) is 12.0 Å². The van der Waals surface area contributed by atoms with Gasteiger partial charge >= 0.3 is 5.97 Å². The summed E-state index contributed by atoms with van der Waals surface area (Å²) in [6.45, 7) is 0. The lowest BCUT2D eigenvalue weighted by Gasteiger charge is -2.20. The second-order valence-corrected chi connectivity index (χ2v) is 6.02. The molecule has 4 nitrogen and oxygen atoms in total. The number of ether oxygens (including phenoxy) is 1. The second kappa shape index (κ2) is 7.85. The summed E-state index contributed by atoms with van der Waals surface area (Å²) >= 11 is 0. The van der Waals surface area contributed by atoms with Crippen LogP contribution in [0.1, 0.15) is 23.1 Å². The molecule has 0 saturated carbocycles. The topological polar surface area (TPSA) is 66.8 Å². The number of methoxy groups -OCH3 is 1. The first-order chi connectivity index (χ1) is 12.6. The monoisotopic (exact) mass is 348 g/mol. The zero-order valence-electron chi connectivity index (χ0n) is 14.4. The fourth-order valence-corrected chi connectivity index (χ4v) is 2.97.